The molecule has 2 aromatic carbocycles. The van der Waals surface area contributed by atoms with Crippen molar-refractivity contribution in [3.63, 3.8) is 0 Å². The Morgan fingerprint density at radius 3 is 1.41 bits per heavy atom. The number of ether oxygens (including phenoxy) is 4. The number of carbonyl (C=O) groups is 5. The van der Waals surface area contributed by atoms with Gasteiger partial charge in [-0.2, -0.15) is 0 Å². The van der Waals surface area contributed by atoms with Crippen LogP contribution in [-0.2, 0) is 51.3 Å². The van der Waals surface area contributed by atoms with E-state index in [0.29, 0.717) is 0 Å². The van der Waals surface area contributed by atoms with Gasteiger partial charge in [0.2, 0.25) is 0 Å². The molecule has 3 aromatic rings. The van der Waals surface area contributed by atoms with E-state index in [2.05, 4.69) is 99.9 Å². The molecule has 0 saturated carbocycles. The van der Waals surface area contributed by atoms with Crippen LogP contribution in [0.25, 0.3) is 11.1 Å². The van der Waals surface area contributed by atoms with Crippen molar-refractivity contribution in [1.29, 1.82) is 0 Å². The van der Waals surface area contributed by atoms with Crippen molar-refractivity contribution in [3.8, 4) is 11.5 Å². The molecular formula is C48H66BrClNO11P. The van der Waals surface area contributed by atoms with Crippen molar-refractivity contribution < 1.29 is 87.1 Å². The average Bonchev–Trinajstić information content (AvgIpc) is 3.21. The first-order valence-corrected chi connectivity index (χ1v) is 22.3. The molecule has 3 rings (SSSR count). The Labute approximate surface area is 391 Å². The number of hydrogen-bond acceptors (Lipinski definition) is 11. The van der Waals surface area contributed by atoms with E-state index in [1.54, 1.807) is 0 Å². The van der Waals surface area contributed by atoms with Crippen LogP contribution in [0, 0.1) is 0 Å². The van der Waals surface area contributed by atoms with Crippen LogP contribution >= 0.6 is 7.26 Å². The number of aromatic hydroxyl groups is 2. The van der Waals surface area contributed by atoms with Crippen LogP contribution in [0.4, 0.5) is 0 Å². The van der Waals surface area contributed by atoms with Gasteiger partial charge in [0.15, 0.2) is 23.9 Å². The summed E-state index contributed by atoms with van der Waals surface area (Å²) in [6.45, 7) is 29.8. The molecule has 0 radical (unpaired) electrons. The second-order valence-electron chi connectivity index (χ2n) is 14.2. The summed E-state index contributed by atoms with van der Waals surface area (Å²) in [7, 11) is 1.28. The second kappa shape index (κ2) is 33.5. The lowest BCUT2D eigenvalue weighted by atomic mass is 10.1. The molecule has 0 atom stereocenters. The molecule has 0 unspecified atom stereocenters. The summed E-state index contributed by atoms with van der Waals surface area (Å²) in [6.07, 6.45) is 9.22. The first-order chi connectivity index (χ1) is 28.6. The van der Waals surface area contributed by atoms with Crippen LogP contribution < -0.4 is 34.0 Å². The molecule has 15 heteroatoms. The zero-order valence-electron chi connectivity index (χ0n) is 38.3. The third-order valence-corrected chi connectivity index (χ3v) is 13.9. The molecule has 348 valence electrons. The summed E-state index contributed by atoms with van der Waals surface area (Å²) >= 11 is 0. The van der Waals surface area contributed by atoms with Gasteiger partial charge in [-0.05, 0) is 90.3 Å². The van der Waals surface area contributed by atoms with Gasteiger partial charge >= 0.3 is 23.9 Å². The summed E-state index contributed by atoms with van der Waals surface area (Å²) in [5.74, 6) is -3.40. The smallest absolute Gasteiger partial charge is 0.338 e. The normalized spacial score (nSPS) is 9.73. The Bertz CT molecular complexity index is 1950. The summed E-state index contributed by atoms with van der Waals surface area (Å²) in [5.41, 5.74) is 6.87. The number of esters is 4. The molecule has 0 aliphatic rings. The molecule has 0 aliphatic heterocycles. The fourth-order valence-corrected chi connectivity index (χ4v) is 7.86. The number of ketones is 1. The molecular weight excluding hydrogens is 913 g/mol. The predicted molar refractivity (Wildman–Crippen MR) is 244 cm³/mol. The number of hydrogen-bond donors (Lipinski definition) is 2. The Morgan fingerprint density at radius 1 is 0.603 bits per heavy atom. The summed E-state index contributed by atoms with van der Waals surface area (Å²) in [4.78, 5) is 54.7. The minimum atomic E-state index is -0.722. The quantitative estimate of drug-likeness (QED) is 0.0282. The van der Waals surface area contributed by atoms with Gasteiger partial charge in [-0.1, -0.05) is 61.7 Å². The largest absolute Gasteiger partial charge is 1.00 e. The molecule has 1 heterocycles. The number of Topliss-reactive ketones (excluding diaryl/α,β-unsaturated/α-hetero) is 1. The van der Waals surface area contributed by atoms with Crippen LogP contribution in [0.3, 0.4) is 0 Å². The standard InChI is InChI=1S/C16H26P.C13H14O6.C10H14O5.C9H12N.BrH.ClH/c1-6-17(7-2,8-3)13-15-9-11-16(12-10-15)14(4)5;1-8(2)12(16)18-5-6-19-13(17)9-3-4-10(14)11(15)7-9;1-7(2)10(13)15-5-4-14-9(12)6-8(3)11;1-8(2)9-4-6-10(3)7-5-9;;/h9-12H,4,6-8,13H2,1-3,5H3;3-4,7,14-15H,1,5-6H2,2H3;1,4-6H2,2-3H3;4-7H,1H2,2-3H3;2*1H/q+1;;;+1;;/p-2. The lowest BCUT2D eigenvalue weighted by Crippen LogP contribution is -3.00. The van der Waals surface area contributed by atoms with Crippen molar-refractivity contribution in [2.45, 2.75) is 68.0 Å². The predicted octanol–water partition coefficient (Wildman–Crippen LogP) is 2.85. The van der Waals surface area contributed by atoms with Gasteiger partial charge in [0, 0.05) is 30.5 Å². The van der Waals surface area contributed by atoms with Gasteiger partial charge < -0.3 is 58.5 Å². The maximum atomic E-state index is 11.5. The minimum absolute atomic E-state index is 0. The zero-order valence-corrected chi connectivity index (χ0v) is 41.5. The van der Waals surface area contributed by atoms with E-state index in [1.807, 2.05) is 30.9 Å². The van der Waals surface area contributed by atoms with Crippen molar-refractivity contribution in [3.05, 3.63) is 127 Å². The highest BCUT2D eigenvalue weighted by atomic mass is 79.9. The number of pyridine rings is 1. The van der Waals surface area contributed by atoms with Gasteiger partial charge in [0.1, 0.15) is 45.7 Å². The Balaban J connectivity index is -0.000000769. The fraction of sp³-hybridized carbons (Fsp3) is 0.375. The van der Waals surface area contributed by atoms with Crippen molar-refractivity contribution >= 4 is 48.1 Å². The fourth-order valence-electron chi connectivity index (χ4n) is 4.87. The van der Waals surface area contributed by atoms with Gasteiger partial charge in [-0.15, -0.1) is 0 Å². The molecule has 0 amide bonds. The van der Waals surface area contributed by atoms with Crippen LogP contribution in [0.1, 0.15) is 88.9 Å². The van der Waals surface area contributed by atoms with Gasteiger partial charge in [-0.25, -0.2) is 19.0 Å². The summed E-state index contributed by atoms with van der Waals surface area (Å²) < 4.78 is 20.8. The highest BCUT2D eigenvalue weighted by molar-refractivity contribution is 7.75. The molecule has 0 fully saturated rings. The molecule has 1 aromatic heterocycles. The summed E-state index contributed by atoms with van der Waals surface area (Å²) in [6, 6.07) is 16.7. The van der Waals surface area contributed by atoms with E-state index in [-0.39, 0.29) is 90.5 Å². The average molecular weight is 979 g/mol. The number of phenols is 2. The maximum absolute atomic E-state index is 11.5. The lowest BCUT2D eigenvalue weighted by molar-refractivity contribution is -0.671. The minimum Gasteiger partial charge on any atom is -1.00 e. The topological polar surface area (TPSA) is 167 Å². The molecule has 0 aliphatic carbocycles. The molecule has 2 N–H and O–H groups in total. The van der Waals surface area contributed by atoms with E-state index < -0.39 is 36.9 Å². The number of halogens is 2. The van der Waals surface area contributed by atoms with E-state index in [1.165, 1.54) is 74.2 Å². The highest BCUT2D eigenvalue weighted by Crippen LogP contribution is 2.60. The van der Waals surface area contributed by atoms with Crippen LogP contribution in [0.2, 0.25) is 0 Å². The monoisotopic (exact) mass is 977 g/mol. The molecule has 0 spiro atoms. The molecule has 0 bridgehead atoms. The van der Waals surface area contributed by atoms with Crippen LogP contribution in [-0.4, -0.2) is 84.8 Å². The number of nitrogens with zero attached hydrogens (tertiary/aromatic N) is 1. The van der Waals surface area contributed by atoms with Crippen molar-refractivity contribution in [2.24, 2.45) is 7.05 Å². The Kier molecular flexibility index (Phi) is 33.0. The second-order valence-corrected chi connectivity index (χ2v) is 19.1. The van der Waals surface area contributed by atoms with E-state index in [9.17, 15) is 29.1 Å². The van der Waals surface area contributed by atoms with Gasteiger partial charge in [0.05, 0.1) is 30.2 Å². The van der Waals surface area contributed by atoms with E-state index in [0.717, 1.165) is 17.2 Å². The first kappa shape index (κ1) is 62.2. The number of allylic oxidation sites excluding steroid dienone is 2. The van der Waals surface area contributed by atoms with Crippen LogP contribution in [0.5, 0.6) is 11.5 Å². The SMILES string of the molecule is C=C(C)C(=O)OCCOC(=O)CC(C)=O.C=C(C)C(=O)OCCOC(=O)c1ccc(O)c(O)c1.C=C(C)c1cc[n+](C)cc1.C=C(C)c1ccc(C[P+](CC)(CC)CC)cc1.[Br-].[Cl-]. The Morgan fingerprint density at radius 2 is 1.02 bits per heavy atom. The number of aryl methyl sites for hydroxylation is 1. The third kappa shape index (κ3) is 26.9. The molecule has 12 nitrogen and oxygen atoms in total. The van der Waals surface area contributed by atoms with E-state index in [4.69, 9.17) is 14.6 Å². The van der Waals surface area contributed by atoms with Crippen molar-refractivity contribution in [1.82, 2.24) is 0 Å². The third-order valence-electron chi connectivity index (χ3n) is 8.88. The number of benzene rings is 2. The summed E-state index contributed by atoms with van der Waals surface area (Å²) in [5, 5.41) is 18.3. The van der Waals surface area contributed by atoms with Gasteiger partial charge in [0.25, 0.3) is 0 Å². The van der Waals surface area contributed by atoms with Crippen molar-refractivity contribution in [2.75, 3.05) is 44.9 Å². The lowest BCUT2D eigenvalue weighted by Gasteiger charge is -2.23. The number of phenolic OH excluding ortho intramolecular Hbond substituents is 2. The number of carbonyl (C=O) groups excluding carboxylic acids is 5. The van der Waals surface area contributed by atoms with E-state index >= 15 is 0 Å². The van der Waals surface area contributed by atoms with Crippen LogP contribution in [0.15, 0.2) is 104 Å². The zero-order chi connectivity index (χ0) is 46.7. The highest BCUT2D eigenvalue weighted by Gasteiger charge is 2.31. The first-order valence-electron chi connectivity index (χ1n) is 19.8. The van der Waals surface area contributed by atoms with Gasteiger partial charge in [-0.3, -0.25) is 9.59 Å². The Hall–Kier alpha value is -5.10. The number of aromatic nitrogens is 1. The number of rotatable bonds is 18. The molecule has 0 saturated heterocycles. The molecule has 63 heavy (non-hydrogen) atoms. The maximum Gasteiger partial charge on any atom is 0.338 e.